The topological polar surface area (TPSA) is 112 Å². The molecular formula is C28H28N6O4. The quantitative estimate of drug-likeness (QED) is 0.350. The number of methoxy groups -OCH3 is 2. The summed E-state index contributed by atoms with van der Waals surface area (Å²) in [7, 11) is 3.17. The van der Waals surface area contributed by atoms with Crippen LogP contribution >= 0.6 is 0 Å². The summed E-state index contributed by atoms with van der Waals surface area (Å²) in [5.74, 6) is 2.65. The molecule has 3 heterocycles. The van der Waals surface area contributed by atoms with Gasteiger partial charge < -0.3 is 24.8 Å². The number of nitrogens with one attached hydrogen (secondary N) is 2. The van der Waals surface area contributed by atoms with Crippen LogP contribution < -0.4 is 24.8 Å². The SMILES string of the molecule is CCOc1ccc(C2C(C(=O)Nc3cccnc3)=C(C)Nc3nc(-c4ccc(OC)c(OC)c4)nn32)cc1. The summed E-state index contributed by atoms with van der Waals surface area (Å²) in [5.41, 5.74) is 3.38. The number of anilines is 2. The number of benzene rings is 2. The molecule has 0 fully saturated rings. The largest absolute Gasteiger partial charge is 0.494 e. The third-order valence-corrected chi connectivity index (χ3v) is 6.17. The zero-order valence-corrected chi connectivity index (χ0v) is 21.6. The van der Waals surface area contributed by atoms with E-state index < -0.39 is 6.04 Å². The van der Waals surface area contributed by atoms with Crippen LogP contribution in [0.25, 0.3) is 11.4 Å². The van der Waals surface area contributed by atoms with Crippen molar-refractivity contribution in [2.75, 3.05) is 31.5 Å². The molecular weight excluding hydrogens is 484 g/mol. The highest BCUT2D eigenvalue weighted by Gasteiger charge is 2.34. The highest BCUT2D eigenvalue weighted by molar-refractivity contribution is 6.06. The molecule has 4 aromatic rings. The molecule has 0 aliphatic carbocycles. The summed E-state index contributed by atoms with van der Waals surface area (Å²) in [6.45, 7) is 4.35. The van der Waals surface area contributed by atoms with E-state index in [9.17, 15) is 4.79 Å². The summed E-state index contributed by atoms with van der Waals surface area (Å²) in [6.07, 6.45) is 3.26. The van der Waals surface area contributed by atoms with Gasteiger partial charge in [-0.1, -0.05) is 12.1 Å². The predicted molar refractivity (Wildman–Crippen MR) is 144 cm³/mol. The molecule has 0 radical (unpaired) electrons. The van der Waals surface area contributed by atoms with E-state index in [0.29, 0.717) is 46.8 Å². The molecule has 10 heteroatoms. The Labute approximate surface area is 220 Å². The number of rotatable bonds is 8. The van der Waals surface area contributed by atoms with E-state index in [4.69, 9.17) is 24.3 Å². The van der Waals surface area contributed by atoms with Gasteiger partial charge in [0, 0.05) is 17.5 Å². The zero-order chi connectivity index (χ0) is 26.6. The Morgan fingerprint density at radius 1 is 1.08 bits per heavy atom. The summed E-state index contributed by atoms with van der Waals surface area (Å²) in [6, 6.07) is 16.2. The van der Waals surface area contributed by atoms with Crippen molar-refractivity contribution in [3.8, 4) is 28.6 Å². The lowest BCUT2D eigenvalue weighted by molar-refractivity contribution is -0.113. The Bertz CT molecular complexity index is 1480. The third-order valence-electron chi connectivity index (χ3n) is 6.17. The van der Waals surface area contributed by atoms with Gasteiger partial charge in [-0.2, -0.15) is 4.98 Å². The molecule has 10 nitrogen and oxygen atoms in total. The summed E-state index contributed by atoms with van der Waals surface area (Å²) >= 11 is 0. The molecule has 0 bridgehead atoms. The van der Waals surface area contributed by atoms with Crippen molar-refractivity contribution in [3.05, 3.63) is 83.8 Å². The van der Waals surface area contributed by atoms with Gasteiger partial charge in [-0.05, 0) is 61.9 Å². The molecule has 1 aliphatic heterocycles. The first kappa shape index (κ1) is 24.8. The lowest BCUT2D eigenvalue weighted by atomic mass is 9.95. The van der Waals surface area contributed by atoms with Crippen molar-refractivity contribution in [2.24, 2.45) is 0 Å². The number of fused-ring (bicyclic) bond motifs is 1. The zero-order valence-electron chi connectivity index (χ0n) is 21.6. The Kier molecular flexibility index (Phi) is 6.94. The highest BCUT2D eigenvalue weighted by Crippen LogP contribution is 2.38. The van der Waals surface area contributed by atoms with Crippen molar-refractivity contribution in [1.29, 1.82) is 0 Å². The first-order chi connectivity index (χ1) is 18.5. The van der Waals surface area contributed by atoms with Crippen LogP contribution in [0.2, 0.25) is 0 Å². The smallest absolute Gasteiger partial charge is 0.255 e. The van der Waals surface area contributed by atoms with E-state index >= 15 is 0 Å². The molecule has 2 N–H and O–H groups in total. The molecule has 1 unspecified atom stereocenters. The number of carbonyl (C=O) groups excluding carboxylic acids is 1. The van der Waals surface area contributed by atoms with E-state index in [1.165, 1.54) is 0 Å². The van der Waals surface area contributed by atoms with Crippen LogP contribution in [0.15, 0.2) is 78.3 Å². The molecule has 0 saturated heterocycles. The van der Waals surface area contributed by atoms with Crippen LogP contribution in [-0.4, -0.2) is 46.5 Å². The standard InChI is InChI=1S/C28H28N6O4/c1-5-38-21-11-8-18(9-12-21)25-24(27(35)31-20-7-6-14-29-16-20)17(2)30-28-32-26(33-34(25)28)19-10-13-22(36-3)23(15-19)37-4/h6-16,25H,5H2,1-4H3,(H,31,35)(H,30,32,33). The number of amides is 1. The maximum atomic E-state index is 13.6. The van der Waals surface area contributed by atoms with Gasteiger partial charge in [0.25, 0.3) is 5.91 Å². The van der Waals surface area contributed by atoms with E-state index in [1.54, 1.807) is 43.4 Å². The van der Waals surface area contributed by atoms with Crippen molar-refractivity contribution in [1.82, 2.24) is 19.7 Å². The fourth-order valence-corrected chi connectivity index (χ4v) is 4.40. The van der Waals surface area contributed by atoms with Crippen molar-refractivity contribution >= 4 is 17.5 Å². The lowest BCUT2D eigenvalue weighted by Crippen LogP contribution is -2.31. The normalized spacial score (nSPS) is 14.4. The number of hydrogen-bond acceptors (Lipinski definition) is 8. The van der Waals surface area contributed by atoms with E-state index in [0.717, 1.165) is 16.9 Å². The first-order valence-electron chi connectivity index (χ1n) is 12.1. The van der Waals surface area contributed by atoms with E-state index in [1.807, 2.05) is 56.3 Å². The molecule has 5 rings (SSSR count). The molecule has 194 valence electrons. The molecule has 2 aromatic heterocycles. The van der Waals surface area contributed by atoms with Crippen LogP contribution in [0.5, 0.6) is 17.2 Å². The van der Waals surface area contributed by atoms with Gasteiger partial charge in [-0.25, -0.2) is 4.68 Å². The number of ether oxygens (including phenoxy) is 3. The maximum Gasteiger partial charge on any atom is 0.255 e. The first-order valence-corrected chi connectivity index (χ1v) is 12.1. The van der Waals surface area contributed by atoms with Gasteiger partial charge in [0.15, 0.2) is 17.3 Å². The number of aromatic nitrogens is 4. The minimum absolute atomic E-state index is 0.268. The van der Waals surface area contributed by atoms with Gasteiger partial charge >= 0.3 is 0 Å². The minimum atomic E-state index is -0.542. The van der Waals surface area contributed by atoms with Crippen molar-refractivity contribution in [3.63, 3.8) is 0 Å². The Morgan fingerprint density at radius 3 is 2.55 bits per heavy atom. The van der Waals surface area contributed by atoms with E-state index in [2.05, 4.69) is 15.6 Å². The molecule has 0 saturated carbocycles. The van der Waals surface area contributed by atoms with E-state index in [-0.39, 0.29) is 5.91 Å². The highest BCUT2D eigenvalue weighted by atomic mass is 16.5. The Balaban J connectivity index is 1.58. The summed E-state index contributed by atoms with van der Waals surface area (Å²) in [4.78, 5) is 22.5. The molecule has 2 aromatic carbocycles. The van der Waals surface area contributed by atoms with Crippen LogP contribution in [-0.2, 0) is 4.79 Å². The van der Waals surface area contributed by atoms with Crippen LogP contribution in [0, 0.1) is 0 Å². The number of carbonyl (C=O) groups is 1. The predicted octanol–water partition coefficient (Wildman–Crippen LogP) is 4.68. The Morgan fingerprint density at radius 2 is 1.87 bits per heavy atom. The average Bonchev–Trinajstić information content (AvgIpc) is 3.36. The van der Waals surface area contributed by atoms with Crippen LogP contribution in [0.1, 0.15) is 25.5 Å². The van der Waals surface area contributed by atoms with Gasteiger partial charge in [0.1, 0.15) is 11.8 Å². The number of pyridine rings is 1. The monoisotopic (exact) mass is 512 g/mol. The molecule has 1 amide bonds. The van der Waals surface area contributed by atoms with Gasteiger partial charge in [0.2, 0.25) is 5.95 Å². The summed E-state index contributed by atoms with van der Waals surface area (Å²) < 4.78 is 18.2. The molecule has 38 heavy (non-hydrogen) atoms. The number of allylic oxidation sites excluding steroid dienone is 1. The summed E-state index contributed by atoms with van der Waals surface area (Å²) in [5, 5.41) is 11.0. The second kappa shape index (κ2) is 10.6. The number of hydrogen-bond donors (Lipinski definition) is 2. The average molecular weight is 513 g/mol. The van der Waals surface area contributed by atoms with Crippen molar-refractivity contribution in [2.45, 2.75) is 19.9 Å². The van der Waals surface area contributed by atoms with Crippen molar-refractivity contribution < 1.29 is 19.0 Å². The second-order valence-corrected chi connectivity index (χ2v) is 8.54. The molecule has 0 spiro atoms. The molecule has 1 aliphatic rings. The van der Waals surface area contributed by atoms with Crippen LogP contribution in [0.3, 0.4) is 0 Å². The fraction of sp³-hybridized carbons (Fsp3) is 0.214. The number of nitrogens with zero attached hydrogens (tertiary/aromatic N) is 4. The second-order valence-electron chi connectivity index (χ2n) is 8.54. The van der Waals surface area contributed by atoms with Gasteiger partial charge in [0.05, 0.1) is 38.3 Å². The maximum absolute atomic E-state index is 13.6. The lowest BCUT2D eigenvalue weighted by Gasteiger charge is -2.28. The van der Waals surface area contributed by atoms with Gasteiger partial charge in [-0.15, -0.1) is 5.10 Å². The molecule has 1 atom stereocenters. The van der Waals surface area contributed by atoms with Crippen LogP contribution in [0.4, 0.5) is 11.6 Å². The van der Waals surface area contributed by atoms with Gasteiger partial charge in [-0.3, -0.25) is 9.78 Å². The third kappa shape index (κ3) is 4.75. The Hall–Kier alpha value is -4.86. The fourth-order valence-electron chi connectivity index (χ4n) is 4.40. The minimum Gasteiger partial charge on any atom is -0.494 e.